The van der Waals surface area contributed by atoms with Crippen molar-refractivity contribution in [3.63, 3.8) is 0 Å². The number of rotatable bonds is 1. The lowest BCUT2D eigenvalue weighted by molar-refractivity contribution is -0.0680. The molecule has 2 aliphatic heterocycles. The first kappa shape index (κ1) is 14.6. The van der Waals surface area contributed by atoms with Crippen LogP contribution in [0.3, 0.4) is 0 Å². The van der Waals surface area contributed by atoms with Crippen LogP contribution < -0.4 is 5.32 Å². The van der Waals surface area contributed by atoms with Gasteiger partial charge in [0, 0.05) is 6.54 Å². The molecule has 5 heteroatoms. The van der Waals surface area contributed by atoms with Gasteiger partial charge in [-0.3, -0.25) is 0 Å². The van der Waals surface area contributed by atoms with Crippen LogP contribution in [0.4, 0.5) is 4.79 Å². The highest BCUT2D eigenvalue weighted by Gasteiger charge is 2.32. The van der Waals surface area contributed by atoms with Crippen molar-refractivity contribution in [1.29, 1.82) is 0 Å². The van der Waals surface area contributed by atoms with Crippen molar-refractivity contribution in [3.05, 3.63) is 0 Å². The first-order valence-corrected chi connectivity index (χ1v) is 7.26. The zero-order valence-corrected chi connectivity index (χ0v) is 12.3. The molecule has 2 heterocycles. The minimum absolute atomic E-state index is 0.170. The third kappa shape index (κ3) is 4.35. The highest BCUT2D eigenvalue weighted by molar-refractivity contribution is 5.68. The Morgan fingerprint density at radius 1 is 1.32 bits per heavy atom. The lowest BCUT2D eigenvalue weighted by Crippen LogP contribution is -2.51. The van der Waals surface area contributed by atoms with Gasteiger partial charge in [0.2, 0.25) is 0 Å². The predicted molar refractivity (Wildman–Crippen MR) is 73.1 cm³/mol. The van der Waals surface area contributed by atoms with Crippen molar-refractivity contribution in [2.24, 2.45) is 5.92 Å². The Labute approximate surface area is 115 Å². The van der Waals surface area contributed by atoms with Gasteiger partial charge in [0.1, 0.15) is 5.60 Å². The zero-order valence-electron chi connectivity index (χ0n) is 12.3. The molecular formula is C14H26N2O3. The Hall–Kier alpha value is -0.810. The van der Waals surface area contributed by atoms with Crippen molar-refractivity contribution < 1.29 is 14.3 Å². The summed E-state index contributed by atoms with van der Waals surface area (Å²) in [5, 5.41) is 3.36. The molecule has 0 unspecified atom stereocenters. The molecule has 110 valence electrons. The number of piperidine rings is 1. The van der Waals surface area contributed by atoms with E-state index in [1.807, 2.05) is 20.8 Å². The highest BCUT2D eigenvalue weighted by atomic mass is 16.6. The molecule has 1 amide bonds. The van der Waals surface area contributed by atoms with E-state index in [0.29, 0.717) is 25.6 Å². The van der Waals surface area contributed by atoms with E-state index in [0.717, 1.165) is 25.9 Å². The van der Waals surface area contributed by atoms with Gasteiger partial charge < -0.3 is 19.7 Å². The van der Waals surface area contributed by atoms with E-state index in [9.17, 15) is 4.79 Å². The summed E-state index contributed by atoms with van der Waals surface area (Å²) >= 11 is 0. The number of ether oxygens (including phenoxy) is 2. The van der Waals surface area contributed by atoms with E-state index in [4.69, 9.17) is 9.47 Å². The minimum atomic E-state index is -0.431. The van der Waals surface area contributed by atoms with Crippen LogP contribution in [0, 0.1) is 5.92 Å². The predicted octanol–water partition coefficient (Wildman–Crippen LogP) is 1.62. The fourth-order valence-electron chi connectivity index (χ4n) is 2.67. The lowest BCUT2D eigenvalue weighted by atomic mass is 9.91. The summed E-state index contributed by atoms with van der Waals surface area (Å²) in [5.41, 5.74) is -0.431. The first-order valence-electron chi connectivity index (χ1n) is 7.26. The molecule has 1 N–H and O–H groups in total. The summed E-state index contributed by atoms with van der Waals surface area (Å²) in [7, 11) is 0. The maximum absolute atomic E-state index is 12.1. The van der Waals surface area contributed by atoms with E-state index < -0.39 is 5.60 Å². The van der Waals surface area contributed by atoms with Crippen molar-refractivity contribution in [2.45, 2.75) is 45.3 Å². The minimum Gasteiger partial charge on any atom is -0.444 e. The van der Waals surface area contributed by atoms with E-state index in [1.54, 1.807) is 4.90 Å². The number of carbonyl (C=O) groups is 1. The number of amides is 1. The smallest absolute Gasteiger partial charge is 0.410 e. The van der Waals surface area contributed by atoms with E-state index in [2.05, 4.69) is 5.32 Å². The fraction of sp³-hybridized carbons (Fsp3) is 0.929. The Morgan fingerprint density at radius 2 is 2.00 bits per heavy atom. The van der Waals surface area contributed by atoms with Gasteiger partial charge in [0.25, 0.3) is 0 Å². The van der Waals surface area contributed by atoms with Gasteiger partial charge in [-0.05, 0) is 52.6 Å². The third-order valence-corrected chi connectivity index (χ3v) is 3.65. The summed E-state index contributed by atoms with van der Waals surface area (Å²) in [5.74, 6) is 0.562. The van der Waals surface area contributed by atoms with Crippen molar-refractivity contribution >= 4 is 6.09 Å². The number of hydrogen-bond donors (Lipinski definition) is 1. The van der Waals surface area contributed by atoms with E-state index >= 15 is 0 Å². The van der Waals surface area contributed by atoms with Crippen molar-refractivity contribution in [1.82, 2.24) is 10.2 Å². The summed E-state index contributed by atoms with van der Waals surface area (Å²) in [4.78, 5) is 13.9. The standard InChI is InChI=1S/C14H26N2O3/c1-14(2,3)19-13(17)16-8-9-18-12(10-16)11-4-6-15-7-5-11/h11-12,15H,4-10H2,1-3H3/t12-/m1/s1. The van der Waals surface area contributed by atoms with Gasteiger partial charge in [-0.15, -0.1) is 0 Å². The van der Waals surface area contributed by atoms with Crippen molar-refractivity contribution in [3.8, 4) is 0 Å². The SMILES string of the molecule is CC(C)(C)OC(=O)N1CCO[C@@H](C2CCNCC2)C1. The van der Waals surface area contributed by atoms with Crippen LogP contribution in [0.2, 0.25) is 0 Å². The number of nitrogens with zero attached hydrogens (tertiary/aromatic N) is 1. The highest BCUT2D eigenvalue weighted by Crippen LogP contribution is 2.23. The fourth-order valence-corrected chi connectivity index (χ4v) is 2.67. The van der Waals surface area contributed by atoms with Crippen LogP contribution in [-0.4, -0.2) is 55.5 Å². The molecule has 5 nitrogen and oxygen atoms in total. The number of nitrogens with one attached hydrogen (secondary N) is 1. The van der Waals surface area contributed by atoms with Gasteiger partial charge in [-0.1, -0.05) is 0 Å². The molecule has 0 aromatic rings. The van der Waals surface area contributed by atoms with Crippen molar-refractivity contribution in [2.75, 3.05) is 32.8 Å². The second-order valence-electron chi connectivity index (χ2n) is 6.42. The topological polar surface area (TPSA) is 50.8 Å². The van der Waals surface area contributed by atoms with Gasteiger partial charge in [-0.2, -0.15) is 0 Å². The van der Waals surface area contributed by atoms with E-state index in [1.165, 1.54) is 0 Å². The molecule has 2 saturated heterocycles. The van der Waals surface area contributed by atoms with Gasteiger partial charge in [-0.25, -0.2) is 4.79 Å². The maximum Gasteiger partial charge on any atom is 0.410 e. The van der Waals surface area contributed by atoms with Crippen LogP contribution in [0.15, 0.2) is 0 Å². The van der Waals surface area contributed by atoms with Crippen LogP contribution >= 0.6 is 0 Å². The Bertz CT molecular complexity index is 308. The summed E-state index contributed by atoms with van der Waals surface area (Å²) in [6.45, 7) is 9.72. The third-order valence-electron chi connectivity index (χ3n) is 3.65. The summed E-state index contributed by atoms with van der Waals surface area (Å²) < 4.78 is 11.3. The summed E-state index contributed by atoms with van der Waals surface area (Å²) in [6, 6.07) is 0. The molecule has 0 aromatic heterocycles. The normalized spacial score (nSPS) is 26.3. The molecule has 0 spiro atoms. The molecule has 0 saturated carbocycles. The van der Waals surface area contributed by atoms with Gasteiger partial charge in [0.05, 0.1) is 19.3 Å². The molecular weight excluding hydrogens is 244 g/mol. The average Bonchev–Trinajstić information content (AvgIpc) is 2.38. The molecule has 0 aromatic carbocycles. The van der Waals surface area contributed by atoms with Crippen LogP contribution in [0.1, 0.15) is 33.6 Å². The first-order chi connectivity index (χ1) is 8.96. The van der Waals surface area contributed by atoms with Gasteiger partial charge >= 0.3 is 6.09 Å². The second kappa shape index (κ2) is 6.09. The monoisotopic (exact) mass is 270 g/mol. The molecule has 1 atom stereocenters. The summed E-state index contributed by atoms with van der Waals surface area (Å²) in [6.07, 6.45) is 2.22. The molecule has 0 aliphatic carbocycles. The second-order valence-corrected chi connectivity index (χ2v) is 6.42. The Kier molecular flexibility index (Phi) is 4.68. The lowest BCUT2D eigenvalue weighted by Gasteiger charge is -2.38. The largest absolute Gasteiger partial charge is 0.444 e. The number of carbonyl (C=O) groups excluding carboxylic acids is 1. The molecule has 19 heavy (non-hydrogen) atoms. The Morgan fingerprint density at radius 3 is 2.63 bits per heavy atom. The number of hydrogen-bond acceptors (Lipinski definition) is 4. The van der Waals surface area contributed by atoms with Gasteiger partial charge in [0.15, 0.2) is 0 Å². The maximum atomic E-state index is 12.1. The molecule has 2 rings (SSSR count). The average molecular weight is 270 g/mol. The van der Waals surface area contributed by atoms with Crippen LogP contribution in [0.5, 0.6) is 0 Å². The molecule has 0 radical (unpaired) electrons. The molecule has 0 bridgehead atoms. The molecule has 2 aliphatic rings. The van der Waals surface area contributed by atoms with Crippen LogP contribution in [-0.2, 0) is 9.47 Å². The molecule has 2 fully saturated rings. The Balaban J connectivity index is 1.87. The zero-order chi connectivity index (χ0) is 13.9. The quantitative estimate of drug-likeness (QED) is 0.786. The number of morpholine rings is 1. The van der Waals surface area contributed by atoms with E-state index in [-0.39, 0.29) is 12.2 Å². The van der Waals surface area contributed by atoms with Crippen LogP contribution in [0.25, 0.3) is 0 Å².